The lowest BCUT2D eigenvalue weighted by molar-refractivity contribution is 0.0690. The molecule has 2 N–H and O–H groups in total. The molecule has 0 bridgehead atoms. The van der Waals surface area contributed by atoms with Gasteiger partial charge in [-0.2, -0.15) is 0 Å². The Balaban J connectivity index is 1.88. The van der Waals surface area contributed by atoms with Crippen LogP contribution in [0.2, 0.25) is 0 Å². The molecule has 1 aromatic carbocycles. The van der Waals surface area contributed by atoms with Gasteiger partial charge in [0.15, 0.2) is 5.69 Å². The number of aryl methyl sites for hydroxylation is 1. The van der Waals surface area contributed by atoms with Crippen molar-refractivity contribution in [3.63, 3.8) is 0 Å². The molecule has 1 aliphatic carbocycles. The molecule has 1 atom stereocenters. The van der Waals surface area contributed by atoms with Gasteiger partial charge < -0.3 is 10.4 Å². The summed E-state index contributed by atoms with van der Waals surface area (Å²) in [5, 5.41) is 12.0. The number of carbonyl (C=O) groups is 1. The van der Waals surface area contributed by atoms with E-state index in [0.29, 0.717) is 0 Å². The fraction of sp³-hybridized carbons (Fsp3) is 0.267. The molecule has 0 radical (unpaired) electrons. The smallest absolute Gasteiger partial charge is 0.354 e. The van der Waals surface area contributed by atoms with Crippen molar-refractivity contribution in [3.05, 3.63) is 53.1 Å². The van der Waals surface area contributed by atoms with Crippen LogP contribution in [0, 0.1) is 5.82 Å². The first-order valence-electron chi connectivity index (χ1n) is 6.74. The Bertz CT molecular complexity index is 690. The van der Waals surface area contributed by atoms with Gasteiger partial charge in [-0.1, -0.05) is 6.07 Å². The molecule has 0 saturated carbocycles. The number of benzene rings is 1. The van der Waals surface area contributed by atoms with E-state index in [1.54, 1.807) is 6.07 Å². The van der Waals surface area contributed by atoms with Crippen molar-refractivity contribution in [2.24, 2.45) is 0 Å². The molecule has 1 heterocycles. The van der Waals surface area contributed by atoms with Crippen molar-refractivity contribution in [2.45, 2.75) is 25.3 Å². The third-order valence-electron chi connectivity index (χ3n) is 3.60. The second kappa shape index (κ2) is 5.47. The minimum atomic E-state index is -1.10. The van der Waals surface area contributed by atoms with E-state index in [-0.39, 0.29) is 23.5 Å². The average molecular weight is 287 g/mol. The summed E-state index contributed by atoms with van der Waals surface area (Å²) in [6.07, 6.45) is 4.13. The van der Waals surface area contributed by atoms with E-state index < -0.39 is 5.97 Å². The molecule has 21 heavy (non-hydrogen) atoms. The lowest BCUT2D eigenvalue weighted by Crippen LogP contribution is -2.19. The Morgan fingerprint density at radius 3 is 3.05 bits per heavy atom. The van der Waals surface area contributed by atoms with Crippen molar-refractivity contribution >= 4 is 11.9 Å². The molecule has 0 unspecified atom stereocenters. The summed E-state index contributed by atoms with van der Waals surface area (Å²) in [6.45, 7) is 0. The quantitative estimate of drug-likeness (QED) is 0.908. The highest BCUT2D eigenvalue weighted by Crippen LogP contribution is 2.32. The second-order valence-corrected chi connectivity index (χ2v) is 5.00. The SMILES string of the molecule is O=C(O)c1ccnc(N[C@H]2CCCc3ccc(F)cc32)n1. The normalized spacial score (nSPS) is 17.1. The molecule has 0 fully saturated rings. The number of carboxylic acids is 1. The second-order valence-electron chi connectivity index (χ2n) is 5.00. The molecule has 108 valence electrons. The monoisotopic (exact) mass is 287 g/mol. The zero-order chi connectivity index (χ0) is 14.8. The number of hydrogen-bond donors (Lipinski definition) is 2. The Morgan fingerprint density at radius 2 is 2.24 bits per heavy atom. The van der Waals surface area contributed by atoms with E-state index >= 15 is 0 Å². The lowest BCUT2D eigenvalue weighted by atomic mass is 9.87. The summed E-state index contributed by atoms with van der Waals surface area (Å²) < 4.78 is 13.4. The topological polar surface area (TPSA) is 75.1 Å². The van der Waals surface area contributed by atoms with Crippen LogP contribution >= 0.6 is 0 Å². The maximum absolute atomic E-state index is 13.4. The third kappa shape index (κ3) is 2.84. The number of hydrogen-bond acceptors (Lipinski definition) is 4. The molecule has 0 aliphatic heterocycles. The Kier molecular flexibility index (Phi) is 3.51. The summed E-state index contributed by atoms with van der Waals surface area (Å²) in [5.74, 6) is -1.13. The van der Waals surface area contributed by atoms with Gasteiger partial charge in [-0.05, 0) is 48.6 Å². The number of rotatable bonds is 3. The summed E-state index contributed by atoms with van der Waals surface area (Å²) >= 11 is 0. The largest absolute Gasteiger partial charge is 0.477 e. The highest BCUT2D eigenvalue weighted by Gasteiger charge is 2.21. The number of aromatic nitrogens is 2. The van der Waals surface area contributed by atoms with Crippen molar-refractivity contribution in [1.82, 2.24) is 9.97 Å². The first-order chi connectivity index (χ1) is 10.1. The van der Waals surface area contributed by atoms with Gasteiger partial charge in [-0.3, -0.25) is 0 Å². The zero-order valence-electron chi connectivity index (χ0n) is 11.2. The Labute approximate surface area is 120 Å². The average Bonchev–Trinajstić information content (AvgIpc) is 2.48. The van der Waals surface area contributed by atoms with Gasteiger partial charge >= 0.3 is 5.97 Å². The van der Waals surface area contributed by atoms with Crippen LogP contribution in [-0.2, 0) is 6.42 Å². The predicted octanol–water partition coefficient (Wildman–Crippen LogP) is 2.80. The molecule has 0 spiro atoms. The number of nitrogens with zero attached hydrogens (tertiary/aromatic N) is 2. The number of halogens is 1. The maximum Gasteiger partial charge on any atom is 0.354 e. The van der Waals surface area contributed by atoms with Gasteiger partial charge in [-0.25, -0.2) is 19.2 Å². The van der Waals surface area contributed by atoms with Crippen LogP contribution in [0.15, 0.2) is 30.5 Å². The first kappa shape index (κ1) is 13.5. The van der Waals surface area contributed by atoms with Crippen LogP contribution in [0.4, 0.5) is 10.3 Å². The van der Waals surface area contributed by atoms with Gasteiger partial charge in [0, 0.05) is 6.20 Å². The van der Waals surface area contributed by atoms with Crippen molar-refractivity contribution < 1.29 is 14.3 Å². The van der Waals surface area contributed by atoms with E-state index in [1.165, 1.54) is 24.4 Å². The highest BCUT2D eigenvalue weighted by molar-refractivity contribution is 5.85. The summed E-state index contributed by atoms with van der Waals surface area (Å²) in [7, 11) is 0. The Hall–Kier alpha value is -2.50. The number of aromatic carboxylic acids is 1. The van der Waals surface area contributed by atoms with Crippen LogP contribution in [0.25, 0.3) is 0 Å². The molecule has 2 aromatic rings. The molecule has 1 aromatic heterocycles. The van der Waals surface area contributed by atoms with Crippen molar-refractivity contribution in [1.29, 1.82) is 0 Å². The van der Waals surface area contributed by atoms with Crippen LogP contribution in [0.1, 0.15) is 40.5 Å². The lowest BCUT2D eigenvalue weighted by Gasteiger charge is -2.26. The summed E-state index contributed by atoms with van der Waals surface area (Å²) in [4.78, 5) is 18.9. The fourth-order valence-corrected chi connectivity index (χ4v) is 2.62. The van der Waals surface area contributed by atoms with Crippen LogP contribution in [-0.4, -0.2) is 21.0 Å². The van der Waals surface area contributed by atoms with E-state index in [9.17, 15) is 9.18 Å². The van der Waals surface area contributed by atoms with E-state index in [1.807, 2.05) is 0 Å². The summed E-state index contributed by atoms with van der Waals surface area (Å²) in [6, 6.07) is 6.01. The van der Waals surface area contributed by atoms with Crippen molar-refractivity contribution in [3.8, 4) is 0 Å². The fourth-order valence-electron chi connectivity index (χ4n) is 2.62. The van der Waals surface area contributed by atoms with Crippen molar-refractivity contribution in [2.75, 3.05) is 5.32 Å². The van der Waals surface area contributed by atoms with E-state index in [0.717, 1.165) is 30.4 Å². The molecule has 0 amide bonds. The van der Waals surface area contributed by atoms with E-state index in [4.69, 9.17) is 5.11 Å². The highest BCUT2D eigenvalue weighted by atomic mass is 19.1. The molecule has 3 rings (SSSR count). The zero-order valence-corrected chi connectivity index (χ0v) is 11.2. The van der Waals surface area contributed by atoms with Gasteiger partial charge in [0.25, 0.3) is 0 Å². The van der Waals surface area contributed by atoms with E-state index in [2.05, 4.69) is 15.3 Å². The maximum atomic E-state index is 13.4. The molecule has 5 nitrogen and oxygen atoms in total. The summed E-state index contributed by atoms with van der Waals surface area (Å²) in [5.41, 5.74) is 1.93. The standard InChI is InChI=1S/C15H14FN3O2/c16-10-5-4-9-2-1-3-12(11(9)8-10)18-15-17-7-6-13(19-15)14(20)21/h4-8,12H,1-3H2,(H,20,21)(H,17,18,19)/t12-/m0/s1. The third-order valence-corrected chi connectivity index (χ3v) is 3.60. The molecular formula is C15H14FN3O2. The van der Waals surface area contributed by atoms with Crippen LogP contribution in [0.3, 0.4) is 0 Å². The van der Waals surface area contributed by atoms with Gasteiger partial charge in [-0.15, -0.1) is 0 Å². The Morgan fingerprint density at radius 1 is 1.38 bits per heavy atom. The predicted molar refractivity (Wildman–Crippen MR) is 74.7 cm³/mol. The molecule has 0 saturated heterocycles. The minimum absolute atomic E-state index is 0.0669. The van der Waals surface area contributed by atoms with Gasteiger partial charge in [0.1, 0.15) is 5.82 Å². The molecular weight excluding hydrogens is 273 g/mol. The van der Waals surface area contributed by atoms with Gasteiger partial charge in [0.2, 0.25) is 5.95 Å². The molecule has 6 heteroatoms. The van der Waals surface area contributed by atoms with Crippen LogP contribution < -0.4 is 5.32 Å². The van der Waals surface area contributed by atoms with Crippen LogP contribution in [0.5, 0.6) is 0 Å². The number of fused-ring (bicyclic) bond motifs is 1. The number of nitrogens with one attached hydrogen (secondary N) is 1. The number of anilines is 1. The minimum Gasteiger partial charge on any atom is -0.477 e. The molecule has 1 aliphatic rings. The first-order valence-corrected chi connectivity index (χ1v) is 6.74. The van der Waals surface area contributed by atoms with Gasteiger partial charge in [0.05, 0.1) is 6.04 Å². The number of carboxylic acid groups (broad SMARTS) is 1.